The fourth-order valence-corrected chi connectivity index (χ4v) is 2.30. The van der Waals surface area contributed by atoms with E-state index in [0.29, 0.717) is 6.61 Å². The van der Waals surface area contributed by atoms with Crippen molar-refractivity contribution >= 4 is 11.9 Å². The molecule has 3 aromatic carbocycles. The van der Waals surface area contributed by atoms with Crippen LogP contribution < -0.4 is 10.2 Å². The van der Waals surface area contributed by atoms with E-state index in [1.165, 1.54) is 0 Å². The second-order valence-electron chi connectivity index (χ2n) is 5.53. The fraction of sp³-hybridized carbons (Fsp3) is 0.0952. The topological polar surface area (TPSA) is 33.6 Å². The molecule has 3 nitrogen and oxygen atoms in total. The first-order chi connectivity index (χ1) is 11.8. The molecule has 0 aliphatic carbocycles. The Morgan fingerprint density at radius 2 is 1.71 bits per heavy atom. The molecule has 0 atom stereocenters. The van der Waals surface area contributed by atoms with Crippen LogP contribution >= 0.6 is 0 Å². The number of nitrogens with zero attached hydrogens (tertiary/aromatic N) is 1. The van der Waals surface area contributed by atoms with Gasteiger partial charge in [-0.05, 0) is 41.8 Å². The molecule has 120 valence electrons. The normalized spacial score (nSPS) is 10.7. The number of anilines is 1. The Hall–Kier alpha value is -3.07. The highest BCUT2D eigenvalue weighted by Crippen LogP contribution is 2.15. The van der Waals surface area contributed by atoms with E-state index in [1.54, 1.807) is 6.21 Å². The van der Waals surface area contributed by atoms with Crippen LogP contribution in [0.1, 0.15) is 16.7 Å². The molecular formula is C21H20N2O. The van der Waals surface area contributed by atoms with Crippen LogP contribution in [-0.4, -0.2) is 6.21 Å². The molecule has 0 fully saturated rings. The average Bonchev–Trinajstić information content (AvgIpc) is 2.63. The Morgan fingerprint density at radius 3 is 2.54 bits per heavy atom. The monoisotopic (exact) mass is 316 g/mol. The summed E-state index contributed by atoms with van der Waals surface area (Å²) in [6.45, 7) is 2.61. The Kier molecular flexibility index (Phi) is 5.25. The van der Waals surface area contributed by atoms with Crippen molar-refractivity contribution in [3.8, 4) is 5.75 Å². The molecule has 0 spiro atoms. The first-order valence-electron chi connectivity index (χ1n) is 7.93. The maximum Gasteiger partial charge on any atom is 0.120 e. The SMILES string of the molecule is Cc1ccccc1N/N=C\c1cccc(OCc2ccccc2)c1. The van der Waals surface area contributed by atoms with Crippen molar-refractivity contribution in [2.75, 3.05) is 5.43 Å². The lowest BCUT2D eigenvalue weighted by Crippen LogP contribution is -1.96. The number of benzene rings is 3. The molecule has 3 heteroatoms. The van der Waals surface area contributed by atoms with Gasteiger partial charge in [0.2, 0.25) is 0 Å². The molecule has 0 amide bonds. The maximum atomic E-state index is 5.83. The molecule has 0 saturated carbocycles. The lowest BCUT2D eigenvalue weighted by molar-refractivity contribution is 0.306. The summed E-state index contributed by atoms with van der Waals surface area (Å²) in [7, 11) is 0. The molecular weight excluding hydrogens is 296 g/mol. The standard InChI is InChI=1S/C21H20N2O/c1-17-8-5-6-13-21(17)23-22-15-19-11-7-12-20(14-19)24-16-18-9-3-2-4-10-18/h2-15,23H,16H2,1H3/b22-15-. The van der Waals surface area contributed by atoms with Gasteiger partial charge in [-0.15, -0.1) is 0 Å². The number of para-hydroxylation sites is 1. The van der Waals surface area contributed by atoms with E-state index in [9.17, 15) is 0 Å². The van der Waals surface area contributed by atoms with Crippen LogP contribution in [0.4, 0.5) is 5.69 Å². The molecule has 0 aliphatic heterocycles. The van der Waals surface area contributed by atoms with Crippen LogP contribution in [-0.2, 0) is 6.61 Å². The number of hydrazone groups is 1. The first-order valence-corrected chi connectivity index (χ1v) is 7.93. The van der Waals surface area contributed by atoms with Gasteiger partial charge in [0.15, 0.2) is 0 Å². The van der Waals surface area contributed by atoms with Crippen LogP contribution in [0.15, 0.2) is 84.0 Å². The van der Waals surface area contributed by atoms with E-state index < -0.39 is 0 Å². The molecule has 0 saturated heterocycles. The van der Waals surface area contributed by atoms with Gasteiger partial charge in [0.05, 0.1) is 11.9 Å². The fourth-order valence-electron chi connectivity index (χ4n) is 2.30. The van der Waals surface area contributed by atoms with Crippen molar-refractivity contribution in [3.05, 3.63) is 95.6 Å². The largest absolute Gasteiger partial charge is 0.489 e. The third-order valence-electron chi connectivity index (χ3n) is 3.65. The molecule has 0 aliphatic rings. The van der Waals surface area contributed by atoms with Gasteiger partial charge in [-0.25, -0.2) is 0 Å². The first kappa shape index (κ1) is 15.8. The molecule has 3 aromatic rings. The highest BCUT2D eigenvalue weighted by atomic mass is 16.5. The van der Waals surface area contributed by atoms with E-state index in [2.05, 4.69) is 35.7 Å². The van der Waals surface area contributed by atoms with E-state index in [-0.39, 0.29) is 0 Å². The molecule has 1 N–H and O–H groups in total. The zero-order valence-electron chi connectivity index (χ0n) is 13.6. The van der Waals surface area contributed by atoms with Crippen molar-refractivity contribution in [2.24, 2.45) is 5.10 Å². The van der Waals surface area contributed by atoms with Crippen LogP contribution in [0.2, 0.25) is 0 Å². The lowest BCUT2D eigenvalue weighted by Gasteiger charge is -2.07. The Morgan fingerprint density at radius 1 is 0.917 bits per heavy atom. The summed E-state index contributed by atoms with van der Waals surface area (Å²) in [5, 5.41) is 4.30. The third kappa shape index (κ3) is 4.46. The zero-order chi connectivity index (χ0) is 16.6. The van der Waals surface area contributed by atoms with Crippen LogP contribution in [0.5, 0.6) is 5.75 Å². The van der Waals surface area contributed by atoms with Gasteiger partial charge in [-0.2, -0.15) is 5.10 Å². The summed E-state index contributed by atoms with van der Waals surface area (Å²) < 4.78 is 5.83. The summed E-state index contributed by atoms with van der Waals surface area (Å²) in [4.78, 5) is 0. The maximum absolute atomic E-state index is 5.83. The Labute approximate surface area is 142 Å². The smallest absolute Gasteiger partial charge is 0.120 e. The van der Waals surface area contributed by atoms with Crippen molar-refractivity contribution in [2.45, 2.75) is 13.5 Å². The van der Waals surface area contributed by atoms with E-state index in [4.69, 9.17) is 4.74 Å². The van der Waals surface area contributed by atoms with Gasteiger partial charge < -0.3 is 4.74 Å². The van der Waals surface area contributed by atoms with E-state index in [1.807, 2.05) is 60.7 Å². The lowest BCUT2D eigenvalue weighted by atomic mass is 10.2. The minimum Gasteiger partial charge on any atom is -0.489 e. The summed E-state index contributed by atoms with van der Waals surface area (Å²) in [5.74, 6) is 0.832. The van der Waals surface area contributed by atoms with Gasteiger partial charge in [-0.1, -0.05) is 60.7 Å². The van der Waals surface area contributed by atoms with Gasteiger partial charge in [0, 0.05) is 0 Å². The van der Waals surface area contributed by atoms with Crippen molar-refractivity contribution < 1.29 is 4.74 Å². The Balaban J connectivity index is 1.60. The highest BCUT2D eigenvalue weighted by molar-refractivity contribution is 5.80. The second kappa shape index (κ2) is 7.97. The van der Waals surface area contributed by atoms with E-state index in [0.717, 1.165) is 28.1 Å². The minimum atomic E-state index is 0.558. The summed E-state index contributed by atoms with van der Waals surface area (Å²) >= 11 is 0. The summed E-state index contributed by atoms with van der Waals surface area (Å²) in [5.41, 5.74) is 7.37. The van der Waals surface area contributed by atoms with Gasteiger partial charge in [-0.3, -0.25) is 5.43 Å². The van der Waals surface area contributed by atoms with Crippen LogP contribution in [0, 0.1) is 6.92 Å². The number of aryl methyl sites for hydroxylation is 1. The summed E-state index contributed by atoms with van der Waals surface area (Å²) in [6.07, 6.45) is 1.79. The summed E-state index contributed by atoms with van der Waals surface area (Å²) in [6, 6.07) is 26.1. The Bertz CT molecular complexity index is 813. The van der Waals surface area contributed by atoms with Crippen molar-refractivity contribution in [1.29, 1.82) is 0 Å². The quantitative estimate of drug-likeness (QED) is 0.512. The molecule has 0 heterocycles. The predicted molar refractivity (Wildman–Crippen MR) is 99.6 cm³/mol. The van der Waals surface area contributed by atoms with Crippen molar-refractivity contribution in [3.63, 3.8) is 0 Å². The second-order valence-corrected chi connectivity index (χ2v) is 5.53. The minimum absolute atomic E-state index is 0.558. The average molecular weight is 316 g/mol. The molecule has 0 unspecified atom stereocenters. The zero-order valence-corrected chi connectivity index (χ0v) is 13.6. The molecule has 0 aromatic heterocycles. The third-order valence-corrected chi connectivity index (χ3v) is 3.65. The predicted octanol–water partition coefficient (Wildman–Crippen LogP) is 5.02. The highest BCUT2D eigenvalue weighted by Gasteiger charge is 1.97. The van der Waals surface area contributed by atoms with Gasteiger partial charge in [0.25, 0.3) is 0 Å². The molecule has 0 radical (unpaired) electrons. The number of ether oxygens (including phenoxy) is 1. The molecule has 0 bridgehead atoms. The van der Waals surface area contributed by atoms with Gasteiger partial charge >= 0.3 is 0 Å². The number of nitrogens with one attached hydrogen (secondary N) is 1. The van der Waals surface area contributed by atoms with Crippen molar-refractivity contribution in [1.82, 2.24) is 0 Å². The molecule has 24 heavy (non-hydrogen) atoms. The van der Waals surface area contributed by atoms with Crippen LogP contribution in [0.3, 0.4) is 0 Å². The van der Waals surface area contributed by atoms with Gasteiger partial charge in [0.1, 0.15) is 12.4 Å². The number of rotatable bonds is 6. The number of hydrogen-bond acceptors (Lipinski definition) is 3. The number of hydrogen-bond donors (Lipinski definition) is 1. The van der Waals surface area contributed by atoms with Crippen LogP contribution in [0.25, 0.3) is 0 Å². The van der Waals surface area contributed by atoms with E-state index >= 15 is 0 Å². The molecule has 3 rings (SSSR count).